The quantitative estimate of drug-likeness (QED) is 0.829. The Balaban J connectivity index is 1.76. The minimum Gasteiger partial charge on any atom is -0.497 e. The molecule has 0 spiro atoms. The first-order chi connectivity index (χ1) is 11.8. The topological polar surface area (TPSA) is 67.9 Å². The van der Waals surface area contributed by atoms with E-state index in [0.29, 0.717) is 12.1 Å². The molecule has 1 aliphatic heterocycles. The summed E-state index contributed by atoms with van der Waals surface area (Å²) >= 11 is 0. The first kappa shape index (κ1) is 19.2. The number of carbonyl (C=O) groups excluding carboxylic acids is 2. The lowest BCUT2D eigenvalue weighted by atomic mass is 10.0. The fraction of sp³-hybridized carbons (Fsp3) is 0.579. The molecule has 0 unspecified atom stereocenters. The van der Waals surface area contributed by atoms with Crippen molar-refractivity contribution in [1.29, 1.82) is 0 Å². The minimum absolute atomic E-state index is 0.0983. The molecule has 1 aromatic rings. The third-order valence-corrected chi connectivity index (χ3v) is 4.09. The number of amides is 1. The van der Waals surface area contributed by atoms with Gasteiger partial charge >= 0.3 is 6.09 Å². The van der Waals surface area contributed by atoms with Crippen molar-refractivity contribution in [2.75, 3.05) is 26.7 Å². The number of alkyl carbamates (subject to hydrolysis) is 1. The van der Waals surface area contributed by atoms with E-state index in [-0.39, 0.29) is 17.9 Å². The maximum atomic E-state index is 12.4. The van der Waals surface area contributed by atoms with Crippen molar-refractivity contribution >= 4 is 11.9 Å². The number of nitrogens with zero attached hydrogens (tertiary/aromatic N) is 1. The van der Waals surface area contributed by atoms with Crippen molar-refractivity contribution in [3.8, 4) is 5.75 Å². The van der Waals surface area contributed by atoms with E-state index in [1.54, 1.807) is 31.4 Å². The number of likely N-dealkylation sites (tertiary alicyclic amines) is 1. The van der Waals surface area contributed by atoms with Crippen molar-refractivity contribution in [3.05, 3.63) is 29.8 Å². The number of nitrogens with one attached hydrogen (secondary N) is 1. The van der Waals surface area contributed by atoms with E-state index < -0.39 is 5.60 Å². The van der Waals surface area contributed by atoms with Crippen LogP contribution in [-0.4, -0.2) is 55.2 Å². The largest absolute Gasteiger partial charge is 0.497 e. The summed E-state index contributed by atoms with van der Waals surface area (Å²) in [5.41, 5.74) is 0.199. The van der Waals surface area contributed by atoms with Crippen LogP contribution in [0.1, 0.15) is 44.0 Å². The number of piperidine rings is 1. The van der Waals surface area contributed by atoms with Crippen LogP contribution in [0.5, 0.6) is 5.75 Å². The minimum atomic E-state index is -0.491. The lowest BCUT2D eigenvalue weighted by Gasteiger charge is -2.32. The molecule has 1 heterocycles. The number of carbonyl (C=O) groups is 2. The van der Waals surface area contributed by atoms with Gasteiger partial charge in [0.1, 0.15) is 11.4 Å². The number of ether oxygens (including phenoxy) is 2. The Morgan fingerprint density at radius 3 is 2.28 bits per heavy atom. The Morgan fingerprint density at radius 2 is 1.76 bits per heavy atom. The van der Waals surface area contributed by atoms with E-state index in [1.807, 2.05) is 20.8 Å². The van der Waals surface area contributed by atoms with Crippen LogP contribution in [0, 0.1) is 0 Å². The number of rotatable bonds is 5. The predicted molar refractivity (Wildman–Crippen MR) is 96.2 cm³/mol. The molecule has 0 saturated carbocycles. The molecule has 1 amide bonds. The molecule has 1 N–H and O–H groups in total. The van der Waals surface area contributed by atoms with Gasteiger partial charge in [-0.05, 0) is 57.9 Å². The Kier molecular flexibility index (Phi) is 6.42. The molecule has 6 nitrogen and oxygen atoms in total. The first-order valence-corrected chi connectivity index (χ1v) is 8.66. The zero-order valence-corrected chi connectivity index (χ0v) is 15.5. The van der Waals surface area contributed by atoms with Crippen molar-refractivity contribution in [2.45, 2.75) is 45.3 Å². The van der Waals surface area contributed by atoms with E-state index >= 15 is 0 Å². The maximum absolute atomic E-state index is 12.4. The number of benzene rings is 1. The number of ketones is 1. The number of hydrogen-bond donors (Lipinski definition) is 1. The standard InChI is InChI=1S/C19H28N2O4/c1-19(2,3)25-18(23)20-15-9-11-21(12-10-15)13-17(22)14-5-7-16(24-4)8-6-14/h5-8,15H,9-13H2,1-4H3,(H,20,23). The van der Waals surface area contributed by atoms with E-state index in [9.17, 15) is 9.59 Å². The van der Waals surface area contributed by atoms with Crippen molar-refractivity contribution in [3.63, 3.8) is 0 Å². The smallest absolute Gasteiger partial charge is 0.407 e. The molecule has 1 fully saturated rings. The molecule has 0 aliphatic carbocycles. The molecule has 0 atom stereocenters. The summed E-state index contributed by atoms with van der Waals surface area (Å²) in [6.45, 7) is 7.50. The third-order valence-electron chi connectivity index (χ3n) is 4.09. The van der Waals surface area contributed by atoms with Gasteiger partial charge < -0.3 is 14.8 Å². The monoisotopic (exact) mass is 348 g/mol. The summed E-state index contributed by atoms with van der Waals surface area (Å²) in [5, 5.41) is 2.91. The lowest BCUT2D eigenvalue weighted by Crippen LogP contribution is -2.47. The molecule has 1 saturated heterocycles. The van der Waals surface area contributed by atoms with Gasteiger partial charge in [-0.15, -0.1) is 0 Å². The average Bonchev–Trinajstić information content (AvgIpc) is 2.55. The second-order valence-electron chi connectivity index (χ2n) is 7.35. The van der Waals surface area contributed by atoms with Gasteiger partial charge in [0.2, 0.25) is 0 Å². The van der Waals surface area contributed by atoms with Crippen molar-refractivity contribution in [2.24, 2.45) is 0 Å². The zero-order valence-electron chi connectivity index (χ0n) is 15.5. The Hall–Kier alpha value is -2.08. The SMILES string of the molecule is COc1ccc(C(=O)CN2CCC(NC(=O)OC(C)(C)C)CC2)cc1. The normalized spacial score (nSPS) is 16.3. The summed E-state index contributed by atoms with van der Waals surface area (Å²) in [7, 11) is 1.60. The molecule has 2 rings (SSSR count). The fourth-order valence-corrected chi connectivity index (χ4v) is 2.78. The first-order valence-electron chi connectivity index (χ1n) is 8.66. The molecule has 138 valence electrons. The molecular weight excluding hydrogens is 320 g/mol. The Labute approximate surface area is 149 Å². The molecule has 25 heavy (non-hydrogen) atoms. The second-order valence-corrected chi connectivity index (χ2v) is 7.35. The van der Waals surface area contributed by atoms with E-state index in [4.69, 9.17) is 9.47 Å². The molecule has 0 radical (unpaired) electrons. The van der Waals surface area contributed by atoms with Gasteiger partial charge in [-0.3, -0.25) is 9.69 Å². The predicted octanol–water partition coefficient (Wildman–Crippen LogP) is 2.87. The highest BCUT2D eigenvalue weighted by molar-refractivity contribution is 5.97. The highest BCUT2D eigenvalue weighted by Crippen LogP contribution is 2.15. The highest BCUT2D eigenvalue weighted by atomic mass is 16.6. The van der Waals surface area contributed by atoms with E-state index in [2.05, 4.69) is 10.2 Å². The highest BCUT2D eigenvalue weighted by Gasteiger charge is 2.24. The van der Waals surface area contributed by atoms with Crippen LogP contribution in [-0.2, 0) is 4.74 Å². The molecule has 6 heteroatoms. The summed E-state index contributed by atoms with van der Waals surface area (Å²) in [6, 6.07) is 7.27. The van der Waals surface area contributed by atoms with Gasteiger partial charge in [-0.25, -0.2) is 4.79 Å². The molecule has 0 bridgehead atoms. The van der Waals surface area contributed by atoms with E-state index in [1.165, 1.54) is 0 Å². The van der Waals surface area contributed by atoms with Crippen LogP contribution in [0.15, 0.2) is 24.3 Å². The Bertz CT molecular complexity index is 584. The molecule has 0 aromatic heterocycles. The van der Waals surface area contributed by atoms with Crippen LogP contribution >= 0.6 is 0 Å². The number of methoxy groups -OCH3 is 1. The van der Waals surface area contributed by atoms with Gasteiger partial charge in [-0.1, -0.05) is 0 Å². The van der Waals surface area contributed by atoms with Crippen LogP contribution in [0.25, 0.3) is 0 Å². The van der Waals surface area contributed by atoms with Gasteiger partial charge in [0.25, 0.3) is 0 Å². The second kappa shape index (κ2) is 8.34. The molecule has 1 aromatic carbocycles. The van der Waals surface area contributed by atoms with Gasteiger partial charge in [-0.2, -0.15) is 0 Å². The summed E-state index contributed by atoms with van der Waals surface area (Å²) < 4.78 is 10.4. The third kappa shape index (κ3) is 6.38. The summed E-state index contributed by atoms with van der Waals surface area (Å²) in [6.07, 6.45) is 1.25. The van der Waals surface area contributed by atoms with Gasteiger partial charge in [0, 0.05) is 24.7 Å². The van der Waals surface area contributed by atoms with E-state index in [0.717, 1.165) is 31.7 Å². The van der Waals surface area contributed by atoms with Gasteiger partial charge in [0.15, 0.2) is 5.78 Å². The van der Waals surface area contributed by atoms with Crippen LogP contribution in [0.4, 0.5) is 4.79 Å². The van der Waals surface area contributed by atoms with Crippen LogP contribution in [0.2, 0.25) is 0 Å². The summed E-state index contributed by atoms with van der Waals surface area (Å²) in [4.78, 5) is 26.3. The fourth-order valence-electron chi connectivity index (χ4n) is 2.78. The van der Waals surface area contributed by atoms with Crippen LogP contribution in [0.3, 0.4) is 0 Å². The lowest BCUT2D eigenvalue weighted by molar-refractivity contribution is 0.0476. The average molecular weight is 348 g/mol. The van der Waals surface area contributed by atoms with Crippen LogP contribution < -0.4 is 10.1 Å². The molecule has 1 aliphatic rings. The Morgan fingerprint density at radius 1 is 1.16 bits per heavy atom. The van der Waals surface area contributed by atoms with Crippen molar-refractivity contribution in [1.82, 2.24) is 10.2 Å². The maximum Gasteiger partial charge on any atom is 0.407 e. The number of hydrogen-bond acceptors (Lipinski definition) is 5. The number of Topliss-reactive ketones (excluding diaryl/α,β-unsaturated/α-hetero) is 1. The zero-order chi connectivity index (χ0) is 18.4. The molecular formula is C19H28N2O4. The summed E-state index contributed by atoms with van der Waals surface area (Å²) in [5.74, 6) is 0.840. The van der Waals surface area contributed by atoms with Crippen molar-refractivity contribution < 1.29 is 19.1 Å². The van der Waals surface area contributed by atoms with Gasteiger partial charge in [0.05, 0.1) is 13.7 Å².